The van der Waals surface area contributed by atoms with Gasteiger partial charge < -0.3 is 0 Å². The highest BCUT2D eigenvalue weighted by Gasteiger charge is 2.58. The van der Waals surface area contributed by atoms with Crippen molar-refractivity contribution in [3.63, 3.8) is 0 Å². The van der Waals surface area contributed by atoms with E-state index in [9.17, 15) is 9.59 Å². The molecule has 1 aliphatic heterocycles. The zero-order valence-electron chi connectivity index (χ0n) is 6.81. The Bertz CT molecular complexity index is 309. The maximum Gasteiger partial charge on any atom is 0.242 e. The maximum atomic E-state index is 11.7. The largest absolute Gasteiger partial charge is 0.273 e. The van der Waals surface area contributed by atoms with E-state index >= 15 is 0 Å². The predicted octanol–water partition coefficient (Wildman–Crippen LogP) is 1.14. The van der Waals surface area contributed by atoms with E-state index in [0.29, 0.717) is 11.8 Å². The first-order chi connectivity index (χ1) is 6.20. The first-order valence-electron chi connectivity index (χ1n) is 4.42. The van der Waals surface area contributed by atoms with Crippen LogP contribution in [0.2, 0.25) is 0 Å². The molecule has 13 heavy (non-hydrogen) atoms. The van der Waals surface area contributed by atoms with E-state index in [1.807, 2.05) is 22.9 Å². The Hall–Kier alpha value is -0.390. The first-order valence-corrected chi connectivity index (χ1v) is 5.38. The smallest absolute Gasteiger partial charge is 0.242 e. The van der Waals surface area contributed by atoms with Gasteiger partial charge in [0.25, 0.3) is 0 Å². The van der Waals surface area contributed by atoms with Gasteiger partial charge in [-0.15, -0.1) is 0 Å². The van der Waals surface area contributed by atoms with Crippen molar-refractivity contribution in [3.8, 4) is 0 Å². The van der Waals surface area contributed by atoms with E-state index in [-0.39, 0.29) is 23.7 Å². The molecule has 1 saturated heterocycles. The quantitative estimate of drug-likeness (QED) is 0.290. The highest BCUT2D eigenvalue weighted by Crippen LogP contribution is 2.53. The average molecular weight is 289 g/mol. The second kappa shape index (κ2) is 2.34. The van der Waals surface area contributed by atoms with Gasteiger partial charge in [0.15, 0.2) is 0 Å². The molecule has 4 atom stereocenters. The van der Waals surface area contributed by atoms with E-state index in [4.69, 9.17) is 0 Å². The Kier molecular flexibility index (Phi) is 1.44. The van der Waals surface area contributed by atoms with Gasteiger partial charge in [0.05, 0.1) is 34.7 Å². The maximum absolute atomic E-state index is 11.7. The topological polar surface area (TPSA) is 37.4 Å². The van der Waals surface area contributed by atoms with E-state index in [0.717, 1.165) is 6.42 Å². The number of fused-ring (bicyclic) bond motifs is 5. The fraction of sp³-hybridized carbons (Fsp3) is 0.556. The second-order valence-corrected chi connectivity index (χ2v) is 4.92. The molecule has 2 bridgehead atoms. The van der Waals surface area contributed by atoms with Crippen molar-refractivity contribution in [2.24, 2.45) is 23.7 Å². The first kappa shape index (κ1) is 7.96. The predicted molar refractivity (Wildman–Crippen MR) is 53.6 cm³/mol. The van der Waals surface area contributed by atoms with Crippen LogP contribution in [0, 0.1) is 23.7 Å². The van der Waals surface area contributed by atoms with Gasteiger partial charge in [0.1, 0.15) is 0 Å². The molecule has 0 aromatic carbocycles. The Balaban J connectivity index is 2.08. The van der Waals surface area contributed by atoms with E-state index in [1.54, 1.807) is 0 Å². The molecule has 0 aromatic rings. The van der Waals surface area contributed by atoms with Crippen molar-refractivity contribution >= 4 is 34.7 Å². The van der Waals surface area contributed by atoms with Crippen LogP contribution in [0.3, 0.4) is 0 Å². The molecule has 4 heteroatoms. The van der Waals surface area contributed by atoms with Gasteiger partial charge in [-0.25, -0.2) is 3.11 Å². The SMILES string of the molecule is O=C1[C@@H]2C3C=CC(C3)[C@@H]2C(=O)N1I. The van der Waals surface area contributed by atoms with Gasteiger partial charge in [-0.05, 0) is 18.3 Å². The minimum absolute atomic E-state index is 0.0208. The van der Waals surface area contributed by atoms with E-state index < -0.39 is 0 Å². The molecule has 68 valence electrons. The van der Waals surface area contributed by atoms with Crippen LogP contribution in [-0.2, 0) is 9.59 Å². The number of carbonyl (C=O) groups is 2. The summed E-state index contributed by atoms with van der Waals surface area (Å²) in [5, 5.41) is 0. The summed E-state index contributed by atoms with van der Waals surface area (Å²) in [7, 11) is 0. The lowest BCUT2D eigenvalue weighted by atomic mass is 9.85. The lowest BCUT2D eigenvalue weighted by molar-refractivity contribution is -0.132. The molecule has 0 aromatic heterocycles. The molecular weight excluding hydrogens is 281 g/mol. The Morgan fingerprint density at radius 1 is 1.15 bits per heavy atom. The number of rotatable bonds is 0. The Morgan fingerprint density at radius 3 is 2.08 bits per heavy atom. The number of amides is 2. The summed E-state index contributed by atoms with van der Waals surface area (Å²) >= 11 is 1.83. The molecule has 0 spiro atoms. The van der Waals surface area contributed by atoms with Gasteiger partial charge >= 0.3 is 0 Å². The summed E-state index contributed by atoms with van der Waals surface area (Å²) in [5.41, 5.74) is 0. The van der Waals surface area contributed by atoms with Gasteiger partial charge in [-0.2, -0.15) is 0 Å². The molecule has 2 unspecified atom stereocenters. The summed E-state index contributed by atoms with van der Waals surface area (Å²) in [4.78, 5) is 23.3. The summed E-state index contributed by atoms with van der Waals surface area (Å²) in [6, 6.07) is 0. The average Bonchev–Trinajstić information content (AvgIpc) is 2.76. The van der Waals surface area contributed by atoms with Crippen LogP contribution in [-0.4, -0.2) is 14.9 Å². The van der Waals surface area contributed by atoms with Crippen molar-refractivity contribution in [1.29, 1.82) is 0 Å². The fourth-order valence-corrected chi connectivity index (χ4v) is 3.51. The molecule has 3 aliphatic rings. The zero-order chi connectivity index (χ0) is 9.16. The van der Waals surface area contributed by atoms with E-state index in [1.165, 1.54) is 3.11 Å². The lowest BCUT2D eigenvalue weighted by Crippen LogP contribution is -2.22. The molecule has 0 N–H and O–H groups in total. The van der Waals surface area contributed by atoms with Crippen LogP contribution < -0.4 is 0 Å². The highest BCUT2D eigenvalue weighted by atomic mass is 127. The second-order valence-electron chi connectivity index (χ2n) is 3.96. The third-order valence-electron chi connectivity index (χ3n) is 3.42. The Morgan fingerprint density at radius 2 is 1.62 bits per heavy atom. The molecule has 1 saturated carbocycles. The highest BCUT2D eigenvalue weighted by molar-refractivity contribution is 14.1. The Labute approximate surface area is 89.7 Å². The van der Waals surface area contributed by atoms with Crippen molar-refractivity contribution in [1.82, 2.24) is 3.11 Å². The number of hydrogen-bond donors (Lipinski definition) is 0. The number of hydrogen-bond acceptors (Lipinski definition) is 2. The third-order valence-corrected chi connectivity index (χ3v) is 4.37. The number of halogens is 1. The number of imide groups is 1. The van der Waals surface area contributed by atoms with Gasteiger partial charge in [-0.3, -0.25) is 9.59 Å². The third kappa shape index (κ3) is 0.800. The molecular formula is C9H8INO2. The summed E-state index contributed by atoms with van der Waals surface area (Å²) in [6.07, 6.45) is 5.22. The van der Waals surface area contributed by atoms with Crippen LogP contribution in [0.15, 0.2) is 12.2 Å². The fourth-order valence-electron chi connectivity index (χ4n) is 2.87. The monoisotopic (exact) mass is 289 g/mol. The summed E-state index contributed by atoms with van der Waals surface area (Å²) in [5.74, 6) is 0.663. The van der Waals surface area contributed by atoms with Crippen LogP contribution in [0.25, 0.3) is 0 Å². The molecule has 2 aliphatic carbocycles. The minimum atomic E-state index is -0.0283. The number of nitrogens with zero attached hydrogens (tertiary/aromatic N) is 1. The molecule has 2 fully saturated rings. The number of carbonyl (C=O) groups excluding carboxylic acids is 2. The van der Waals surface area contributed by atoms with Crippen molar-refractivity contribution in [2.75, 3.05) is 0 Å². The van der Waals surface area contributed by atoms with Crippen molar-refractivity contribution in [2.45, 2.75) is 6.42 Å². The van der Waals surface area contributed by atoms with Gasteiger partial charge in [0, 0.05) is 0 Å². The standard InChI is InChI=1S/C9H8INO2/c10-11-8(12)6-4-1-2-5(3-4)7(6)9(11)13/h1-2,4-7H,3H2/t4?,5?,6-,7+. The molecule has 2 amide bonds. The van der Waals surface area contributed by atoms with Gasteiger partial charge in [-0.1, -0.05) is 12.2 Å². The lowest BCUT2D eigenvalue weighted by Gasteiger charge is -2.14. The van der Waals surface area contributed by atoms with Crippen LogP contribution in [0.1, 0.15) is 6.42 Å². The molecule has 3 rings (SSSR count). The normalized spacial score (nSPS) is 46.4. The molecule has 0 radical (unpaired) electrons. The minimum Gasteiger partial charge on any atom is -0.273 e. The van der Waals surface area contributed by atoms with Crippen LogP contribution in [0.5, 0.6) is 0 Å². The van der Waals surface area contributed by atoms with Crippen LogP contribution >= 0.6 is 22.9 Å². The van der Waals surface area contributed by atoms with Crippen LogP contribution in [0.4, 0.5) is 0 Å². The molecule has 3 nitrogen and oxygen atoms in total. The van der Waals surface area contributed by atoms with E-state index in [2.05, 4.69) is 12.2 Å². The molecule has 1 heterocycles. The van der Waals surface area contributed by atoms with Gasteiger partial charge in [0.2, 0.25) is 11.8 Å². The number of allylic oxidation sites excluding steroid dienone is 2. The van der Waals surface area contributed by atoms with Crippen molar-refractivity contribution in [3.05, 3.63) is 12.2 Å². The van der Waals surface area contributed by atoms with Crippen molar-refractivity contribution < 1.29 is 9.59 Å². The summed E-state index contributed by atoms with van der Waals surface area (Å²) < 4.78 is 1.28. The summed E-state index contributed by atoms with van der Waals surface area (Å²) in [6.45, 7) is 0. The zero-order valence-corrected chi connectivity index (χ0v) is 8.97.